The zero-order valence-electron chi connectivity index (χ0n) is 11.0. The zero-order valence-corrected chi connectivity index (χ0v) is 12.6. The normalized spacial score (nSPS) is 24.0. The van der Waals surface area contributed by atoms with Gasteiger partial charge in [0.2, 0.25) is 5.91 Å². The molecule has 1 N–H and O–H groups in total. The number of amides is 1. The molecule has 1 aliphatic rings. The van der Waals surface area contributed by atoms with Gasteiger partial charge < -0.3 is 14.4 Å². The Morgan fingerprint density at radius 3 is 2.47 bits per heavy atom. The molecule has 2 unspecified atom stereocenters. The van der Waals surface area contributed by atoms with Crippen molar-refractivity contribution in [1.82, 2.24) is 4.90 Å². The molecule has 2 atom stereocenters. The summed E-state index contributed by atoms with van der Waals surface area (Å²) in [6.07, 6.45) is 0. The molecule has 5 nitrogen and oxygen atoms in total. The van der Waals surface area contributed by atoms with Crippen LogP contribution in [0.2, 0.25) is 0 Å². The van der Waals surface area contributed by atoms with Gasteiger partial charge in [-0.1, -0.05) is 13.8 Å². The van der Waals surface area contributed by atoms with Gasteiger partial charge in [-0.15, -0.1) is 0 Å². The lowest BCUT2D eigenvalue weighted by atomic mass is 10.1. The number of carboxylic acid groups (broad SMARTS) is 1. The minimum atomic E-state index is -0.905. The van der Waals surface area contributed by atoms with Gasteiger partial charge in [0.15, 0.2) is 4.67 Å². The molecule has 0 bridgehead atoms. The number of nitrogens with zero attached hydrogens (tertiary/aromatic N) is 1. The van der Waals surface area contributed by atoms with E-state index in [-0.39, 0.29) is 5.91 Å². The van der Waals surface area contributed by atoms with Crippen molar-refractivity contribution in [3.05, 3.63) is 22.6 Å². The molecule has 104 valence electrons. The van der Waals surface area contributed by atoms with Crippen LogP contribution in [0.5, 0.6) is 0 Å². The number of hydrogen-bond acceptors (Lipinski definition) is 3. The molecule has 0 radical (unpaired) electrons. The predicted octanol–water partition coefficient (Wildman–Crippen LogP) is 2.36. The second-order valence-electron chi connectivity index (χ2n) is 5.52. The summed E-state index contributed by atoms with van der Waals surface area (Å²) in [6, 6.07) is 3.54. The lowest BCUT2D eigenvalue weighted by Crippen LogP contribution is -2.29. The molecule has 1 aliphatic carbocycles. The standard InChI is InChI=1S/C13H16BrNO4/c1-13(2)9(10(13)12(17)18)11(16)15(3)6-7-4-5-8(14)19-7/h4-5,9-10H,6H2,1-3H3,(H,17,18). The van der Waals surface area contributed by atoms with E-state index in [1.807, 2.05) is 13.8 Å². The van der Waals surface area contributed by atoms with Gasteiger partial charge in [-0.25, -0.2) is 0 Å². The van der Waals surface area contributed by atoms with Crippen molar-refractivity contribution in [3.63, 3.8) is 0 Å². The minimum absolute atomic E-state index is 0.148. The molecule has 0 saturated heterocycles. The molecule has 1 aromatic rings. The first-order chi connectivity index (χ1) is 8.75. The number of halogens is 1. The summed E-state index contributed by atoms with van der Waals surface area (Å²) in [5, 5.41) is 9.09. The monoisotopic (exact) mass is 329 g/mol. The van der Waals surface area contributed by atoms with Crippen LogP contribution in [0.4, 0.5) is 0 Å². The Morgan fingerprint density at radius 2 is 2.05 bits per heavy atom. The Kier molecular flexibility index (Phi) is 3.47. The van der Waals surface area contributed by atoms with Crippen molar-refractivity contribution < 1.29 is 19.1 Å². The highest BCUT2D eigenvalue weighted by molar-refractivity contribution is 9.10. The van der Waals surface area contributed by atoms with Crippen LogP contribution < -0.4 is 0 Å². The number of rotatable bonds is 4. The van der Waals surface area contributed by atoms with Crippen LogP contribution in [0.1, 0.15) is 19.6 Å². The molecule has 19 heavy (non-hydrogen) atoms. The van der Waals surface area contributed by atoms with Crippen LogP contribution in [-0.2, 0) is 16.1 Å². The van der Waals surface area contributed by atoms with Crippen LogP contribution in [0.15, 0.2) is 21.2 Å². The summed E-state index contributed by atoms with van der Waals surface area (Å²) in [4.78, 5) is 24.9. The number of carbonyl (C=O) groups excluding carboxylic acids is 1. The third kappa shape index (κ3) is 2.54. The Morgan fingerprint density at radius 1 is 1.42 bits per heavy atom. The topological polar surface area (TPSA) is 70.8 Å². The SMILES string of the molecule is CN(Cc1ccc(Br)o1)C(=O)C1C(C(=O)O)C1(C)C. The van der Waals surface area contributed by atoms with Crippen molar-refractivity contribution >= 4 is 27.8 Å². The van der Waals surface area contributed by atoms with E-state index in [0.717, 1.165) is 0 Å². The number of hydrogen-bond donors (Lipinski definition) is 1. The van der Waals surface area contributed by atoms with Crippen molar-refractivity contribution in [2.24, 2.45) is 17.3 Å². The first-order valence-corrected chi connectivity index (χ1v) is 6.76. The average molecular weight is 330 g/mol. The van der Waals surface area contributed by atoms with E-state index in [1.54, 1.807) is 19.2 Å². The molecule has 1 fully saturated rings. The summed E-state index contributed by atoms with van der Waals surface area (Å²) < 4.78 is 5.95. The highest BCUT2D eigenvalue weighted by Crippen LogP contribution is 2.58. The maximum atomic E-state index is 12.3. The molecule has 1 saturated carbocycles. The van der Waals surface area contributed by atoms with Gasteiger partial charge in [0.25, 0.3) is 0 Å². The second kappa shape index (κ2) is 4.67. The predicted molar refractivity (Wildman–Crippen MR) is 71.3 cm³/mol. The molecular weight excluding hydrogens is 314 g/mol. The van der Waals surface area contributed by atoms with Crippen molar-refractivity contribution in [2.75, 3.05) is 7.05 Å². The van der Waals surface area contributed by atoms with E-state index < -0.39 is 23.2 Å². The second-order valence-corrected chi connectivity index (χ2v) is 6.30. The Bertz CT molecular complexity index is 522. The van der Waals surface area contributed by atoms with Gasteiger partial charge in [-0.2, -0.15) is 0 Å². The van der Waals surface area contributed by atoms with E-state index in [0.29, 0.717) is 17.0 Å². The Balaban J connectivity index is 2.03. The van der Waals surface area contributed by atoms with Gasteiger partial charge in [0.1, 0.15) is 5.76 Å². The number of furan rings is 1. The van der Waals surface area contributed by atoms with Crippen LogP contribution >= 0.6 is 15.9 Å². The molecule has 0 aromatic carbocycles. The Labute approximate surface area is 119 Å². The maximum absolute atomic E-state index is 12.3. The molecule has 1 amide bonds. The zero-order chi connectivity index (χ0) is 14.4. The summed E-state index contributed by atoms with van der Waals surface area (Å²) in [5.41, 5.74) is -0.471. The third-order valence-corrected chi connectivity index (χ3v) is 4.18. The molecular formula is C13H16BrNO4. The quantitative estimate of drug-likeness (QED) is 0.920. The molecule has 1 aromatic heterocycles. The first-order valence-electron chi connectivity index (χ1n) is 5.97. The van der Waals surface area contributed by atoms with Crippen molar-refractivity contribution in [3.8, 4) is 0 Å². The highest BCUT2D eigenvalue weighted by atomic mass is 79.9. The number of carboxylic acids is 1. The molecule has 2 rings (SSSR count). The van der Waals surface area contributed by atoms with Gasteiger partial charge >= 0.3 is 5.97 Å². The van der Waals surface area contributed by atoms with Crippen molar-refractivity contribution in [1.29, 1.82) is 0 Å². The minimum Gasteiger partial charge on any atom is -0.481 e. The third-order valence-electron chi connectivity index (χ3n) is 3.76. The summed E-state index contributed by atoms with van der Waals surface area (Å²) in [5.74, 6) is -1.44. The number of carbonyl (C=O) groups is 2. The summed E-state index contributed by atoms with van der Waals surface area (Å²) in [7, 11) is 1.66. The van der Waals surface area contributed by atoms with E-state index in [4.69, 9.17) is 9.52 Å². The van der Waals surface area contributed by atoms with Crippen molar-refractivity contribution in [2.45, 2.75) is 20.4 Å². The summed E-state index contributed by atoms with van der Waals surface area (Å²) in [6.45, 7) is 3.96. The first kappa shape index (κ1) is 14.1. The van der Waals surface area contributed by atoms with Gasteiger partial charge in [-0.05, 0) is 33.5 Å². The maximum Gasteiger partial charge on any atom is 0.307 e. The fourth-order valence-corrected chi connectivity index (χ4v) is 2.89. The Hall–Kier alpha value is -1.30. The van der Waals surface area contributed by atoms with Crippen LogP contribution in [0.25, 0.3) is 0 Å². The van der Waals surface area contributed by atoms with E-state index >= 15 is 0 Å². The molecule has 1 heterocycles. The van der Waals surface area contributed by atoms with E-state index in [9.17, 15) is 9.59 Å². The lowest BCUT2D eigenvalue weighted by molar-refractivity contribution is -0.141. The lowest BCUT2D eigenvalue weighted by Gasteiger charge is -2.16. The molecule has 6 heteroatoms. The van der Waals surface area contributed by atoms with Crippen LogP contribution in [0.3, 0.4) is 0 Å². The van der Waals surface area contributed by atoms with Crippen LogP contribution in [-0.4, -0.2) is 28.9 Å². The highest BCUT2D eigenvalue weighted by Gasteiger charge is 2.66. The van der Waals surface area contributed by atoms with E-state index in [2.05, 4.69) is 15.9 Å². The fraction of sp³-hybridized carbons (Fsp3) is 0.538. The number of aliphatic carboxylic acids is 1. The molecule has 0 spiro atoms. The van der Waals surface area contributed by atoms with Gasteiger partial charge in [-0.3, -0.25) is 9.59 Å². The van der Waals surface area contributed by atoms with Crippen LogP contribution in [0, 0.1) is 17.3 Å². The van der Waals surface area contributed by atoms with Gasteiger partial charge in [0, 0.05) is 7.05 Å². The van der Waals surface area contributed by atoms with Gasteiger partial charge in [0.05, 0.1) is 18.4 Å². The smallest absolute Gasteiger partial charge is 0.307 e. The largest absolute Gasteiger partial charge is 0.481 e. The summed E-state index contributed by atoms with van der Waals surface area (Å²) >= 11 is 3.20. The fourth-order valence-electron chi connectivity index (χ4n) is 2.55. The molecule has 0 aliphatic heterocycles. The average Bonchev–Trinajstić information content (AvgIpc) is 2.63. The van der Waals surface area contributed by atoms with E-state index in [1.165, 1.54) is 4.90 Å².